The van der Waals surface area contributed by atoms with Gasteiger partial charge in [-0.1, -0.05) is 24.3 Å². The number of ether oxygens (including phenoxy) is 3. The predicted octanol–water partition coefficient (Wildman–Crippen LogP) is 5.06. The fourth-order valence-corrected chi connectivity index (χ4v) is 5.67. The molecule has 0 N–H and O–H groups in total. The lowest BCUT2D eigenvalue weighted by Crippen LogP contribution is -2.44. The van der Waals surface area contributed by atoms with Crippen molar-refractivity contribution < 1.29 is 32.2 Å². The number of hydrogen-bond donors (Lipinski definition) is 0. The Balaban J connectivity index is 1.75. The molecule has 1 heterocycles. The zero-order chi connectivity index (χ0) is 30.9. The molecule has 0 aromatic heterocycles. The molecule has 1 fully saturated rings. The van der Waals surface area contributed by atoms with E-state index in [0.29, 0.717) is 42.9 Å². The van der Waals surface area contributed by atoms with E-state index in [1.165, 1.54) is 0 Å². The van der Waals surface area contributed by atoms with Gasteiger partial charge in [0, 0.05) is 25.9 Å². The Morgan fingerprint density at radius 1 is 1.14 bits per heavy atom. The first-order valence-electron chi connectivity index (χ1n) is 13.9. The van der Waals surface area contributed by atoms with E-state index in [4.69, 9.17) is 19.5 Å². The van der Waals surface area contributed by atoms with Crippen LogP contribution in [0.1, 0.15) is 57.2 Å². The molecule has 0 saturated carbocycles. The van der Waals surface area contributed by atoms with Crippen molar-refractivity contribution in [2.75, 3.05) is 36.3 Å². The van der Waals surface area contributed by atoms with Crippen LogP contribution >= 0.6 is 0 Å². The highest BCUT2D eigenvalue weighted by molar-refractivity contribution is 7.93. The van der Waals surface area contributed by atoms with Gasteiger partial charge < -0.3 is 19.1 Å². The summed E-state index contributed by atoms with van der Waals surface area (Å²) in [6.07, 6.45) is 4.22. The average molecular weight is 598 g/mol. The lowest BCUT2D eigenvalue weighted by atomic mass is 10.1. The molecule has 0 bridgehead atoms. The van der Waals surface area contributed by atoms with Crippen molar-refractivity contribution in [2.45, 2.75) is 59.2 Å². The highest BCUT2D eigenvalue weighted by atomic mass is 32.2. The minimum Gasteiger partial charge on any atom is -0.490 e. The summed E-state index contributed by atoms with van der Waals surface area (Å²) < 4.78 is 44.4. The average Bonchev–Trinajstić information content (AvgIpc) is 2.91. The molecule has 0 atom stereocenters. The van der Waals surface area contributed by atoms with Gasteiger partial charge in [-0.3, -0.25) is 9.10 Å². The van der Waals surface area contributed by atoms with Crippen LogP contribution in [0.4, 0.5) is 10.5 Å². The van der Waals surface area contributed by atoms with Crippen LogP contribution < -0.4 is 9.04 Å². The molecule has 3 rings (SSSR count). The first-order valence-corrected chi connectivity index (χ1v) is 15.5. The molecular formula is C31H39N3O7S. The number of esters is 1. The van der Waals surface area contributed by atoms with E-state index in [9.17, 15) is 18.0 Å². The monoisotopic (exact) mass is 597 g/mol. The molecule has 1 aliphatic rings. The molecular weight excluding hydrogens is 558 g/mol. The minimum absolute atomic E-state index is 0.0404. The van der Waals surface area contributed by atoms with Crippen LogP contribution in [0.2, 0.25) is 0 Å². The Bertz CT molecular complexity index is 1430. The van der Waals surface area contributed by atoms with Crippen LogP contribution in [-0.2, 0) is 24.3 Å². The maximum absolute atomic E-state index is 13.3. The third-order valence-electron chi connectivity index (χ3n) is 6.37. The highest BCUT2D eigenvalue weighted by Crippen LogP contribution is 2.29. The summed E-state index contributed by atoms with van der Waals surface area (Å²) in [5.74, 6) is -1.02. The van der Waals surface area contributed by atoms with E-state index in [1.807, 2.05) is 33.8 Å². The van der Waals surface area contributed by atoms with Gasteiger partial charge >= 0.3 is 12.1 Å². The number of sulfonamides is 1. The Morgan fingerprint density at radius 3 is 2.48 bits per heavy atom. The zero-order valence-corrected chi connectivity index (χ0v) is 25.6. The largest absolute Gasteiger partial charge is 0.490 e. The van der Waals surface area contributed by atoms with Gasteiger partial charge in [0.25, 0.3) is 0 Å². The lowest BCUT2D eigenvalue weighted by Gasteiger charge is -2.33. The summed E-state index contributed by atoms with van der Waals surface area (Å²) in [5, 5.41) is 9.14. The van der Waals surface area contributed by atoms with Crippen molar-refractivity contribution in [2.24, 2.45) is 0 Å². The second-order valence-corrected chi connectivity index (χ2v) is 12.9. The Hall–Kier alpha value is -4.04. The number of likely N-dealkylation sites (tertiary alicyclic amines) is 1. The van der Waals surface area contributed by atoms with E-state index in [-0.39, 0.29) is 25.3 Å². The number of piperidine rings is 1. The van der Waals surface area contributed by atoms with Gasteiger partial charge in [0.05, 0.1) is 30.5 Å². The summed E-state index contributed by atoms with van der Waals surface area (Å²) in [7, 11) is -4.08. The van der Waals surface area contributed by atoms with E-state index in [1.54, 1.807) is 60.4 Å². The molecule has 0 aliphatic carbocycles. The number of hydrogen-bond acceptors (Lipinski definition) is 8. The standard InChI is InChI=1S/C31H39N3O7S/c1-6-39-29(35)22-42(37,38)34(16-8-11-24-9-7-10-25(20-24)21-32)26-12-13-28(23(2)19-26)40-27-14-17-33(18-15-27)30(36)41-31(3,4)5/h7-13,19-20,27H,6,14-18,22H2,1-5H3/b11-8+. The van der Waals surface area contributed by atoms with Gasteiger partial charge in [-0.05, 0) is 76.1 Å². The lowest BCUT2D eigenvalue weighted by molar-refractivity contribution is -0.139. The van der Waals surface area contributed by atoms with E-state index in [2.05, 4.69) is 6.07 Å². The van der Waals surface area contributed by atoms with Crippen molar-refractivity contribution in [3.05, 3.63) is 65.2 Å². The number of aryl methyl sites for hydroxylation is 1. The van der Waals surface area contributed by atoms with Crippen LogP contribution in [-0.4, -0.2) is 69.1 Å². The number of carbonyl (C=O) groups excluding carboxylic acids is 2. The zero-order valence-electron chi connectivity index (χ0n) is 24.8. The first-order chi connectivity index (χ1) is 19.8. The Labute approximate surface area is 248 Å². The number of nitriles is 1. The van der Waals surface area contributed by atoms with Crippen LogP contribution in [0.25, 0.3) is 6.08 Å². The molecule has 226 valence electrons. The minimum atomic E-state index is -4.08. The van der Waals surface area contributed by atoms with Crippen LogP contribution in [0.15, 0.2) is 48.5 Å². The number of benzene rings is 2. The van der Waals surface area contributed by atoms with E-state index < -0.39 is 27.3 Å². The normalized spacial score (nSPS) is 14.3. The Kier molecular flexibility index (Phi) is 11.0. The smallest absolute Gasteiger partial charge is 0.410 e. The molecule has 42 heavy (non-hydrogen) atoms. The van der Waals surface area contributed by atoms with Gasteiger partial charge in [-0.25, -0.2) is 13.2 Å². The van der Waals surface area contributed by atoms with E-state index >= 15 is 0 Å². The first kappa shape index (κ1) is 32.5. The molecule has 10 nitrogen and oxygen atoms in total. The SMILES string of the molecule is CCOC(=O)CS(=O)(=O)N(C/C=C/c1cccc(C#N)c1)c1ccc(OC2CCN(C(=O)OC(C)(C)C)CC2)c(C)c1. The maximum atomic E-state index is 13.3. The van der Waals surface area contributed by atoms with Crippen molar-refractivity contribution in [1.82, 2.24) is 4.90 Å². The van der Waals surface area contributed by atoms with Crippen molar-refractivity contribution >= 4 is 33.8 Å². The summed E-state index contributed by atoms with van der Waals surface area (Å²) >= 11 is 0. The summed E-state index contributed by atoms with van der Waals surface area (Å²) in [6.45, 7) is 10.0. The van der Waals surface area contributed by atoms with Gasteiger partial charge in [0.2, 0.25) is 10.0 Å². The molecule has 1 amide bonds. The van der Waals surface area contributed by atoms with Crippen molar-refractivity contribution in [3.63, 3.8) is 0 Å². The number of anilines is 1. The summed E-state index contributed by atoms with van der Waals surface area (Å²) in [6, 6.07) is 14.1. The second kappa shape index (κ2) is 14.2. The van der Waals surface area contributed by atoms with E-state index in [0.717, 1.165) is 15.4 Å². The number of rotatable bonds is 10. The number of amides is 1. The molecule has 2 aromatic rings. The molecule has 1 saturated heterocycles. The molecule has 0 radical (unpaired) electrons. The fraction of sp³-hybridized carbons (Fsp3) is 0.452. The van der Waals surface area contributed by atoms with Crippen LogP contribution in [0, 0.1) is 18.3 Å². The van der Waals surface area contributed by atoms with Crippen molar-refractivity contribution in [1.29, 1.82) is 5.26 Å². The molecule has 0 unspecified atom stereocenters. The molecule has 11 heteroatoms. The third kappa shape index (κ3) is 9.52. The number of carbonyl (C=O) groups is 2. The second-order valence-electron chi connectivity index (χ2n) is 11.0. The summed E-state index contributed by atoms with van der Waals surface area (Å²) in [4.78, 5) is 26.2. The third-order valence-corrected chi connectivity index (χ3v) is 8.00. The van der Waals surface area contributed by atoms with Gasteiger partial charge in [-0.2, -0.15) is 5.26 Å². The van der Waals surface area contributed by atoms with Crippen LogP contribution in [0.5, 0.6) is 5.75 Å². The molecule has 1 aliphatic heterocycles. The van der Waals surface area contributed by atoms with Gasteiger partial charge in [-0.15, -0.1) is 0 Å². The Morgan fingerprint density at radius 2 is 1.86 bits per heavy atom. The quantitative estimate of drug-likeness (QED) is 0.348. The topological polar surface area (TPSA) is 126 Å². The molecule has 0 spiro atoms. The summed E-state index contributed by atoms with van der Waals surface area (Å²) in [5.41, 5.74) is 1.78. The van der Waals surface area contributed by atoms with Crippen LogP contribution in [0.3, 0.4) is 0 Å². The molecule has 2 aromatic carbocycles. The fourth-order valence-electron chi connectivity index (χ4n) is 4.39. The van der Waals surface area contributed by atoms with Gasteiger partial charge in [0.1, 0.15) is 17.5 Å². The number of nitrogens with zero attached hydrogens (tertiary/aromatic N) is 3. The van der Waals surface area contributed by atoms with Gasteiger partial charge in [0.15, 0.2) is 5.75 Å². The highest BCUT2D eigenvalue weighted by Gasteiger charge is 2.29. The van der Waals surface area contributed by atoms with Crippen molar-refractivity contribution in [3.8, 4) is 11.8 Å². The maximum Gasteiger partial charge on any atom is 0.410 e. The predicted molar refractivity (Wildman–Crippen MR) is 161 cm³/mol.